The van der Waals surface area contributed by atoms with Crippen LogP contribution in [0.15, 0.2) is 188 Å². The van der Waals surface area contributed by atoms with Gasteiger partial charge in [0.25, 0.3) is 6.71 Å². The molecule has 3 nitrogen and oxygen atoms in total. The Balaban J connectivity index is 1.37. The van der Waals surface area contributed by atoms with Gasteiger partial charge in [0.2, 0.25) is 0 Å². The number of hydrogen-bond acceptors (Lipinski definition) is 3. The molecule has 2 aliphatic heterocycles. The van der Waals surface area contributed by atoms with Crippen LogP contribution in [0.1, 0.15) is 0 Å². The van der Waals surface area contributed by atoms with E-state index in [1.165, 1.54) is 60.8 Å². The Hall–Kier alpha value is -6.30. The molecule has 0 aliphatic carbocycles. The van der Waals surface area contributed by atoms with Gasteiger partial charge in [-0.05, 0) is 94.6 Å². The SMILES string of the molecule is C[Si](C)(C)c1cc2c3c(c1)N(c1ccccc1)c1cc(N(c4ccccc4)c4ccccc4)c4ccccc4c1B3c1ccccc1N2c1ccccc1. The number of fused-ring (bicyclic) bond motifs is 6. The number of nitrogens with zero attached hydrogens (tertiary/aromatic N) is 3. The highest BCUT2D eigenvalue weighted by Crippen LogP contribution is 2.48. The molecule has 8 aromatic carbocycles. The van der Waals surface area contributed by atoms with Crippen LogP contribution in [0.4, 0.5) is 51.2 Å². The fourth-order valence-electron chi connectivity index (χ4n) is 8.70. The van der Waals surface area contributed by atoms with Gasteiger partial charge in [-0.1, -0.05) is 140 Å². The zero-order valence-electron chi connectivity index (χ0n) is 30.8. The molecule has 0 fully saturated rings. The summed E-state index contributed by atoms with van der Waals surface area (Å²) in [5.74, 6) is 0. The molecular formula is C49H40BN3Si. The maximum atomic E-state index is 2.56. The summed E-state index contributed by atoms with van der Waals surface area (Å²) in [6.45, 7) is 7.43. The molecule has 2 aliphatic rings. The van der Waals surface area contributed by atoms with Gasteiger partial charge in [0.15, 0.2) is 0 Å². The molecule has 8 aromatic rings. The second kappa shape index (κ2) is 12.7. The number of anilines is 9. The van der Waals surface area contributed by atoms with Crippen molar-refractivity contribution in [1.82, 2.24) is 0 Å². The third-order valence-corrected chi connectivity index (χ3v) is 13.2. The first kappa shape index (κ1) is 32.4. The van der Waals surface area contributed by atoms with Gasteiger partial charge in [-0.3, -0.25) is 0 Å². The van der Waals surface area contributed by atoms with Gasteiger partial charge in [-0.25, -0.2) is 0 Å². The lowest BCUT2D eigenvalue weighted by molar-refractivity contribution is 1.25. The maximum Gasteiger partial charge on any atom is 0.252 e. The smallest absolute Gasteiger partial charge is 0.252 e. The zero-order chi connectivity index (χ0) is 36.4. The van der Waals surface area contributed by atoms with Crippen molar-refractivity contribution in [3.8, 4) is 0 Å². The molecule has 0 spiro atoms. The Kier molecular flexibility index (Phi) is 7.60. The van der Waals surface area contributed by atoms with Crippen LogP contribution in [0.2, 0.25) is 19.6 Å². The van der Waals surface area contributed by atoms with Crippen molar-refractivity contribution < 1.29 is 0 Å². The van der Waals surface area contributed by atoms with Gasteiger partial charge in [0, 0.05) is 50.9 Å². The van der Waals surface area contributed by atoms with E-state index in [0.717, 1.165) is 22.7 Å². The highest BCUT2D eigenvalue weighted by Gasteiger charge is 2.45. The maximum absolute atomic E-state index is 2.56. The van der Waals surface area contributed by atoms with Gasteiger partial charge < -0.3 is 14.7 Å². The summed E-state index contributed by atoms with van der Waals surface area (Å²) in [6.07, 6.45) is 0. The van der Waals surface area contributed by atoms with E-state index in [1.807, 2.05) is 0 Å². The van der Waals surface area contributed by atoms with Gasteiger partial charge >= 0.3 is 0 Å². The van der Waals surface area contributed by atoms with Crippen LogP contribution in [-0.2, 0) is 0 Å². The summed E-state index contributed by atoms with van der Waals surface area (Å²) in [5, 5.41) is 3.93. The molecule has 0 aromatic heterocycles. The molecule has 0 N–H and O–H groups in total. The van der Waals surface area contributed by atoms with Crippen LogP contribution in [0.5, 0.6) is 0 Å². The second-order valence-corrected chi connectivity index (χ2v) is 20.5. The van der Waals surface area contributed by atoms with Crippen molar-refractivity contribution in [2.24, 2.45) is 0 Å². The minimum absolute atomic E-state index is 0.0256. The summed E-state index contributed by atoms with van der Waals surface area (Å²) >= 11 is 0. The summed E-state index contributed by atoms with van der Waals surface area (Å²) in [7, 11) is -1.80. The second-order valence-electron chi connectivity index (χ2n) is 15.4. The molecule has 2 heterocycles. The van der Waals surface area contributed by atoms with Crippen molar-refractivity contribution in [3.05, 3.63) is 188 Å². The molecule has 0 amide bonds. The Morgan fingerprint density at radius 2 is 0.870 bits per heavy atom. The van der Waals surface area contributed by atoms with Crippen LogP contribution in [0.3, 0.4) is 0 Å². The third-order valence-electron chi connectivity index (χ3n) is 11.1. The average molecular weight is 710 g/mol. The van der Waals surface area contributed by atoms with E-state index in [9.17, 15) is 0 Å². The Morgan fingerprint density at radius 1 is 0.426 bits per heavy atom. The quantitative estimate of drug-likeness (QED) is 0.159. The first-order valence-corrected chi connectivity index (χ1v) is 22.4. The lowest BCUT2D eigenvalue weighted by Crippen LogP contribution is -2.62. The first-order chi connectivity index (χ1) is 26.5. The molecular weight excluding hydrogens is 669 g/mol. The third kappa shape index (κ3) is 5.11. The topological polar surface area (TPSA) is 9.72 Å². The minimum Gasteiger partial charge on any atom is -0.311 e. The normalized spacial score (nSPS) is 13.0. The molecule has 54 heavy (non-hydrogen) atoms. The number of rotatable bonds is 6. The van der Waals surface area contributed by atoms with Crippen LogP contribution in [0.25, 0.3) is 10.8 Å². The van der Waals surface area contributed by atoms with E-state index < -0.39 is 8.07 Å². The van der Waals surface area contributed by atoms with E-state index in [1.54, 1.807) is 0 Å². The summed E-state index contributed by atoms with van der Waals surface area (Å²) in [6, 6.07) is 69.2. The fourth-order valence-corrected chi connectivity index (χ4v) is 9.84. The molecule has 0 unspecified atom stereocenters. The van der Waals surface area contributed by atoms with Gasteiger partial charge in [0.05, 0.1) is 13.8 Å². The molecule has 0 saturated heterocycles. The van der Waals surface area contributed by atoms with E-state index in [-0.39, 0.29) is 6.71 Å². The van der Waals surface area contributed by atoms with Crippen molar-refractivity contribution in [2.75, 3.05) is 14.7 Å². The average Bonchev–Trinajstić information content (AvgIpc) is 3.22. The summed E-state index contributed by atoms with van der Waals surface area (Å²) < 4.78 is 0. The Morgan fingerprint density at radius 3 is 1.43 bits per heavy atom. The van der Waals surface area contributed by atoms with E-state index in [0.29, 0.717) is 0 Å². The van der Waals surface area contributed by atoms with Crippen molar-refractivity contribution >= 4 is 98.3 Å². The largest absolute Gasteiger partial charge is 0.311 e. The Labute approximate surface area is 319 Å². The van der Waals surface area contributed by atoms with Crippen LogP contribution < -0.4 is 36.3 Å². The fraction of sp³-hybridized carbons (Fsp3) is 0.0612. The van der Waals surface area contributed by atoms with E-state index >= 15 is 0 Å². The van der Waals surface area contributed by atoms with Crippen molar-refractivity contribution in [3.63, 3.8) is 0 Å². The van der Waals surface area contributed by atoms with Crippen molar-refractivity contribution in [1.29, 1.82) is 0 Å². The Bertz CT molecular complexity index is 2620. The standard InChI is InChI=1S/C49H40BN3Si/c1-54(2,3)39-32-45-49-46(33-39)53(38-26-14-7-15-27-38)47-34-44(51(35-20-8-4-9-21-35)36-22-10-5-11-23-36)40-28-16-17-29-41(40)48(47)50(49)42-30-18-19-31-43(42)52(45)37-24-12-6-13-25-37/h4-34H,1-3H3. The molecule has 0 saturated carbocycles. The van der Waals surface area contributed by atoms with Crippen LogP contribution in [-0.4, -0.2) is 14.8 Å². The zero-order valence-corrected chi connectivity index (χ0v) is 31.8. The number of para-hydroxylation sites is 5. The molecule has 0 bridgehead atoms. The lowest BCUT2D eigenvalue weighted by Gasteiger charge is -2.45. The van der Waals surface area contributed by atoms with Crippen LogP contribution >= 0.6 is 0 Å². The number of benzene rings is 8. The van der Waals surface area contributed by atoms with Gasteiger partial charge in [-0.15, -0.1) is 0 Å². The molecule has 258 valence electrons. The highest BCUT2D eigenvalue weighted by molar-refractivity contribution is 7.02. The van der Waals surface area contributed by atoms with Gasteiger partial charge in [-0.2, -0.15) is 0 Å². The lowest BCUT2D eigenvalue weighted by atomic mass is 9.33. The molecule has 5 heteroatoms. The summed E-state index contributed by atoms with van der Waals surface area (Å²) in [4.78, 5) is 7.51. The molecule has 0 radical (unpaired) electrons. The molecule has 10 rings (SSSR count). The monoisotopic (exact) mass is 709 g/mol. The first-order valence-electron chi connectivity index (χ1n) is 18.9. The van der Waals surface area contributed by atoms with Gasteiger partial charge in [0.1, 0.15) is 0 Å². The van der Waals surface area contributed by atoms with Crippen molar-refractivity contribution in [2.45, 2.75) is 19.6 Å². The van der Waals surface area contributed by atoms with Crippen LogP contribution in [0, 0.1) is 0 Å². The van der Waals surface area contributed by atoms with E-state index in [2.05, 4.69) is 222 Å². The molecule has 0 atom stereocenters. The minimum atomic E-state index is -1.80. The van der Waals surface area contributed by atoms with E-state index in [4.69, 9.17) is 0 Å². The summed E-state index contributed by atoms with van der Waals surface area (Å²) in [5.41, 5.74) is 14.8. The highest BCUT2D eigenvalue weighted by atomic mass is 28.3. The predicted octanol–water partition coefficient (Wildman–Crippen LogP) is 10.9. The number of hydrogen-bond donors (Lipinski definition) is 0. The predicted molar refractivity (Wildman–Crippen MR) is 236 cm³/mol.